The first-order valence-corrected chi connectivity index (χ1v) is 15.5. The molecule has 2 aliphatic rings. The SMILES string of the molecule is O=C(O)c1ccccc1CN1CC[C@@]2(S(=O)(=O)c3ccc(I)cc3)c3ccc(C(F)(C(F)(F)F)C(F)(F)F)cc3CC[C@@H]12. The van der Waals surface area contributed by atoms with Crippen molar-refractivity contribution in [2.45, 2.75) is 59.5 Å². The summed E-state index contributed by atoms with van der Waals surface area (Å²) < 4.78 is 124. The molecule has 1 heterocycles. The van der Waals surface area contributed by atoms with Crippen molar-refractivity contribution in [2.24, 2.45) is 0 Å². The van der Waals surface area contributed by atoms with Crippen molar-refractivity contribution in [3.63, 3.8) is 0 Å². The number of hydrogen-bond donors (Lipinski definition) is 1. The molecule has 0 aromatic heterocycles. The van der Waals surface area contributed by atoms with Crippen molar-refractivity contribution in [2.75, 3.05) is 6.54 Å². The molecule has 0 bridgehead atoms. The van der Waals surface area contributed by atoms with E-state index >= 15 is 0 Å². The van der Waals surface area contributed by atoms with E-state index in [9.17, 15) is 49.1 Å². The number of carboxylic acid groups (broad SMARTS) is 1. The monoisotopic (exact) mass is 741 g/mol. The third-order valence-electron chi connectivity index (χ3n) is 8.40. The van der Waals surface area contributed by atoms with Crippen LogP contribution in [0.15, 0.2) is 71.6 Å². The summed E-state index contributed by atoms with van der Waals surface area (Å²) in [5, 5.41) is 9.65. The molecule has 1 saturated heterocycles. The summed E-state index contributed by atoms with van der Waals surface area (Å²) >= 11 is 1.99. The molecule has 5 nitrogen and oxygen atoms in total. The highest BCUT2D eigenvalue weighted by Crippen LogP contribution is 2.56. The lowest BCUT2D eigenvalue weighted by Crippen LogP contribution is -2.52. The molecule has 0 saturated carbocycles. The van der Waals surface area contributed by atoms with Gasteiger partial charge in [-0.1, -0.05) is 36.4 Å². The smallest absolute Gasteiger partial charge is 0.435 e. The van der Waals surface area contributed by atoms with Crippen LogP contribution >= 0.6 is 22.6 Å². The van der Waals surface area contributed by atoms with Crippen LogP contribution in [0.5, 0.6) is 0 Å². The van der Waals surface area contributed by atoms with Gasteiger partial charge < -0.3 is 5.11 Å². The Morgan fingerprint density at radius 1 is 0.953 bits per heavy atom. The predicted octanol–water partition coefficient (Wildman–Crippen LogP) is 7.17. The zero-order valence-corrected chi connectivity index (χ0v) is 25.0. The number of alkyl halides is 7. The van der Waals surface area contributed by atoms with Gasteiger partial charge in [0.2, 0.25) is 0 Å². The summed E-state index contributed by atoms with van der Waals surface area (Å²) in [6.45, 7) is 0.182. The summed E-state index contributed by atoms with van der Waals surface area (Å²) in [6, 6.07) is 13.0. The number of fused-ring (bicyclic) bond motifs is 3. The van der Waals surface area contributed by atoms with Crippen LogP contribution in [-0.4, -0.2) is 49.3 Å². The summed E-state index contributed by atoms with van der Waals surface area (Å²) in [5.74, 6) is -1.18. The molecule has 1 aliphatic carbocycles. The zero-order valence-electron chi connectivity index (χ0n) is 22.0. The fourth-order valence-corrected chi connectivity index (χ4v) is 9.17. The number of carboxylic acids is 1. The summed E-state index contributed by atoms with van der Waals surface area (Å²) in [5.41, 5.74) is -7.01. The van der Waals surface area contributed by atoms with Crippen LogP contribution < -0.4 is 0 Å². The lowest BCUT2D eigenvalue weighted by molar-refractivity contribution is -0.348. The number of sulfone groups is 1. The van der Waals surface area contributed by atoms with Crippen LogP contribution in [0.1, 0.15) is 45.5 Å². The van der Waals surface area contributed by atoms with Crippen LogP contribution in [0, 0.1) is 3.57 Å². The minimum atomic E-state index is -6.32. The van der Waals surface area contributed by atoms with E-state index in [1.807, 2.05) is 22.6 Å². The molecule has 1 fully saturated rings. The minimum Gasteiger partial charge on any atom is -0.478 e. The van der Waals surface area contributed by atoms with Gasteiger partial charge >= 0.3 is 24.0 Å². The largest absolute Gasteiger partial charge is 0.478 e. The standard InChI is InChI=1S/C29H23F7INO4S/c30-27(28(31,32)33,29(34,35)36)19-6-11-23-17(15-19)5-12-24-26(23,43(41,42)21-9-7-20(37)8-10-21)13-14-38(24)16-18-3-1-2-4-22(18)25(39)40/h1-4,6-11,15,24H,5,12-14,16H2,(H,39,40)/t24-,26-/m1/s1. The molecule has 3 aromatic carbocycles. The van der Waals surface area contributed by atoms with Crippen molar-refractivity contribution in [3.05, 3.63) is 98.1 Å². The number of nitrogens with zero attached hydrogens (tertiary/aromatic N) is 1. The molecule has 43 heavy (non-hydrogen) atoms. The van der Waals surface area contributed by atoms with Crippen molar-refractivity contribution in [3.8, 4) is 0 Å². The van der Waals surface area contributed by atoms with Crippen LogP contribution in [0.25, 0.3) is 0 Å². The van der Waals surface area contributed by atoms with Gasteiger partial charge in [-0.05, 0) is 88.9 Å². The van der Waals surface area contributed by atoms with Crippen LogP contribution in [-0.2, 0) is 33.2 Å². The van der Waals surface area contributed by atoms with Crippen molar-refractivity contribution in [1.29, 1.82) is 0 Å². The number of likely N-dealkylation sites (tertiary alicyclic amines) is 1. The molecule has 5 rings (SSSR count). The molecule has 230 valence electrons. The second-order valence-corrected chi connectivity index (χ2v) is 14.1. The van der Waals surface area contributed by atoms with Gasteiger partial charge in [0.1, 0.15) is 4.75 Å². The van der Waals surface area contributed by atoms with Gasteiger partial charge in [0.15, 0.2) is 9.84 Å². The average molecular weight is 741 g/mol. The highest BCUT2D eigenvalue weighted by molar-refractivity contribution is 14.1. The maximum absolute atomic E-state index is 15.0. The van der Waals surface area contributed by atoms with Gasteiger partial charge in [-0.3, -0.25) is 4.90 Å². The van der Waals surface area contributed by atoms with E-state index < -0.39 is 50.2 Å². The van der Waals surface area contributed by atoms with Crippen molar-refractivity contribution < 1.29 is 49.1 Å². The number of aryl methyl sites for hydroxylation is 1. The molecule has 0 unspecified atom stereocenters. The second-order valence-electron chi connectivity index (χ2n) is 10.6. The van der Waals surface area contributed by atoms with Gasteiger partial charge in [-0.2, -0.15) is 26.3 Å². The number of hydrogen-bond acceptors (Lipinski definition) is 4. The first kappa shape index (κ1) is 31.7. The van der Waals surface area contributed by atoms with Crippen molar-refractivity contribution in [1.82, 2.24) is 4.90 Å². The van der Waals surface area contributed by atoms with Crippen LogP contribution in [0.3, 0.4) is 0 Å². The zero-order chi connectivity index (χ0) is 31.6. The van der Waals surface area contributed by atoms with Gasteiger partial charge in [-0.25, -0.2) is 17.6 Å². The second kappa shape index (κ2) is 10.7. The maximum atomic E-state index is 15.0. The quantitative estimate of drug-likeness (QED) is 0.215. The van der Waals surface area contributed by atoms with Gasteiger partial charge in [0, 0.05) is 28.3 Å². The molecule has 0 radical (unpaired) electrons. The Bertz CT molecular complexity index is 1660. The third-order valence-corrected chi connectivity index (χ3v) is 11.7. The Kier molecular flexibility index (Phi) is 7.90. The van der Waals surface area contributed by atoms with E-state index in [0.717, 1.165) is 9.64 Å². The normalized spacial score (nSPS) is 21.3. The number of carbonyl (C=O) groups is 1. The van der Waals surface area contributed by atoms with E-state index in [4.69, 9.17) is 0 Å². The Labute approximate surface area is 255 Å². The lowest BCUT2D eigenvalue weighted by Gasteiger charge is -2.43. The van der Waals surface area contributed by atoms with E-state index in [1.54, 1.807) is 35.2 Å². The van der Waals surface area contributed by atoms with Crippen molar-refractivity contribution >= 4 is 38.4 Å². The van der Waals surface area contributed by atoms with Gasteiger partial charge in [0.25, 0.3) is 0 Å². The van der Waals surface area contributed by atoms with Crippen LogP contribution in [0.4, 0.5) is 30.7 Å². The lowest BCUT2D eigenvalue weighted by atomic mass is 9.76. The molecule has 0 spiro atoms. The maximum Gasteiger partial charge on any atom is 0.435 e. The van der Waals surface area contributed by atoms with E-state index in [-0.39, 0.29) is 53.9 Å². The molecule has 2 atom stereocenters. The Hall–Kier alpha value is -2.72. The topological polar surface area (TPSA) is 74.7 Å². The Morgan fingerprint density at radius 2 is 1.58 bits per heavy atom. The number of halogens is 8. The van der Waals surface area contributed by atoms with E-state index in [2.05, 4.69) is 0 Å². The molecular weight excluding hydrogens is 718 g/mol. The predicted molar refractivity (Wildman–Crippen MR) is 150 cm³/mol. The first-order valence-electron chi connectivity index (χ1n) is 13.0. The highest BCUT2D eigenvalue weighted by Gasteiger charge is 2.73. The molecule has 3 aromatic rings. The molecule has 0 amide bonds. The number of rotatable bonds is 6. The van der Waals surface area contributed by atoms with Gasteiger partial charge in [0.05, 0.1) is 10.5 Å². The molecule has 1 N–H and O–H groups in total. The number of benzene rings is 3. The average Bonchev–Trinajstić information content (AvgIpc) is 3.31. The molecule has 1 aliphatic heterocycles. The molecule has 14 heteroatoms. The van der Waals surface area contributed by atoms with E-state index in [0.29, 0.717) is 17.7 Å². The number of aromatic carboxylic acids is 1. The van der Waals surface area contributed by atoms with Crippen LogP contribution in [0.2, 0.25) is 0 Å². The first-order chi connectivity index (χ1) is 19.9. The van der Waals surface area contributed by atoms with Gasteiger partial charge in [-0.15, -0.1) is 0 Å². The fourth-order valence-electron chi connectivity index (χ4n) is 6.42. The Balaban J connectivity index is 1.68. The summed E-state index contributed by atoms with van der Waals surface area (Å²) in [4.78, 5) is 13.5. The summed E-state index contributed by atoms with van der Waals surface area (Å²) in [6.07, 6.45) is -12.8. The Morgan fingerprint density at radius 3 is 2.19 bits per heavy atom. The fraction of sp³-hybridized carbons (Fsp3) is 0.345. The minimum absolute atomic E-state index is 0.00627. The molecular formula is C29H23F7INO4S. The summed E-state index contributed by atoms with van der Waals surface area (Å²) in [7, 11) is -4.35. The third kappa shape index (κ3) is 4.93. The van der Waals surface area contributed by atoms with E-state index in [1.165, 1.54) is 18.2 Å². The highest BCUT2D eigenvalue weighted by atomic mass is 127.